The molecule has 124 valence electrons. The minimum Gasteiger partial charge on any atom is -0.495 e. The Labute approximate surface area is 130 Å². The van der Waals surface area contributed by atoms with Crippen molar-refractivity contribution in [1.29, 1.82) is 0 Å². The third-order valence-electron chi connectivity index (χ3n) is 2.67. The van der Waals surface area contributed by atoms with Crippen LogP contribution in [0.25, 0.3) is 0 Å². The van der Waals surface area contributed by atoms with Crippen molar-refractivity contribution in [2.75, 3.05) is 43.7 Å². The van der Waals surface area contributed by atoms with Gasteiger partial charge >= 0.3 is 0 Å². The van der Waals surface area contributed by atoms with E-state index in [1.165, 1.54) is 13.2 Å². The van der Waals surface area contributed by atoms with Crippen LogP contribution in [0.15, 0.2) is 18.2 Å². The second-order valence-electron chi connectivity index (χ2n) is 4.34. The molecule has 4 N–H and O–H groups in total. The summed E-state index contributed by atoms with van der Waals surface area (Å²) in [4.78, 5) is 11.7. The highest BCUT2D eigenvalue weighted by Crippen LogP contribution is 2.24. The molecule has 22 heavy (non-hydrogen) atoms. The molecule has 0 aliphatic carbocycles. The fraction of sp³-hybridized carbons (Fsp3) is 0.462. The highest BCUT2D eigenvalue weighted by Gasteiger charge is 2.12. The van der Waals surface area contributed by atoms with Gasteiger partial charge in [-0.3, -0.25) is 4.79 Å². The minimum atomic E-state index is -3.54. The Morgan fingerprint density at radius 2 is 2.09 bits per heavy atom. The van der Waals surface area contributed by atoms with E-state index in [0.29, 0.717) is 23.7 Å². The van der Waals surface area contributed by atoms with Crippen LogP contribution in [-0.2, 0) is 19.6 Å². The molecule has 1 aromatic rings. The highest BCUT2D eigenvalue weighted by molar-refractivity contribution is 7.89. The Hall–Kier alpha value is -1.84. The van der Waals surface area contributed by atoms with E-state index >= 15 is 0 Å². The maximum atomic E-state index is 11.7. The van der Waals surface area contributed by atoms with Crippen molar-refractivity contribution >= 4 is 27.3 Å². The number of anilines is 2. The van der Waals surface area contributed by atoms with E-state index in [-0.39, 0.29) is 18.9 Å². The number of carbonyl (C=O) groups is 1. The normalized spacial score (nSPS) is 11.2. The molecule has 8 nitrogen and oxygen atoms in total. The maximum absolute atomic E-state index is 11.7. The highest BCUT2D eigenvalue weighted by atomic mass is 32.2. The van der Waals surface area contributed by atoms with Crippen LogP contribution in [0.2, 0.25) is 0 Å². The van der Waals surface area contributed by atoms with Crippen LogP contribution in [0.5, 0.6) is 5.75 Å². The molecule has 0 saturated heterocycles. The number of rotatable bonds is 9. The second kappa shape index (κ2) is 8.57. The smallest absolute Gasteiger partial charge is 0.239 e. The van der Waals surface area contributed by atoms with Gasteiger partial charge in [0.25, 0.3) is 0 Å². The van der Waals surface area contributed by atoms with Crippen LogP contribution in [0, 0.1) is 0 Å². The lowest BCUT2D eigenvalue weighted by atomic mass is 10.2. The number of carbonyl (C=O) groups excluding carboxylic acids is 1. The lowest BCUT2D eigenvalue weighted by Crippen LogP contribution is -2.35. The Balaban J connectivity index is 2.48. The molecule has 1 rings (SSSR count). The summed E-state index contributed by atoms with van der Waals surface area (Å²) in [5.41, 5.74) is 6.55. The van der Waals surface area contributed by atoms with Crippen LogP contribution in [0.3, 0.4) is 0 Å². The third-order valence-corrected chi connectivity index (χ3v) is 3.95. The number of nitrogens with two attached hydrogens (primary N) is 1. The first-order valence-corrected chi connectivity index (χ1v) is 8.31. The fourth-order valence-electron chi connectivity index (χ4n) is 1.58. The van der Waals surface area contributed by atoms with E-state index in [4.69, 9.17) is 15.2 Å². The van der Waals surface area contributed by atoms with Gasteiger partial charge in [-0.15, -0.1) is 0 Å². The van der Waals surface area contributed by atoms with E-state index in [2.05, 4.69) is 10.0 Å². The lowest BCUT2D eigenvalue weighted by Gasteiger charge is -2.10. The molecule has 0 atom stereocenters. The van der Waals surface area contributed by atoms with Crippen molar-refractivity contribution in [2.24, 2.45) is 0 Å². The molecule has 9 heteroatoms. The van der Waals surface area contributed by atoms with Gasteiger partial charge in [-0.25, -0.2) is 13.1 Å². The van der Waals surface area contributed by atoms with Gasteiger partial charge in [0.15, 0.2) is 0 Å². The molecule has 1 aromatic carbocycles. The molecule has 0 spiro atoms. The van der Waals surface area contributed by atoms with E-state index in [1.54, 1.807) is 19.1 Å². The quantitative estimate of drug-likeness (QED) is 0.438. The van der Waals surface area contributed by atoms with Gasteiger partial charge in [-0.1, -0.05) is 0 Å². The van der Waals surface area contributed by atoms with Crippen molar-refractivity contribution in [3.05, 3.63) is 18.2 Å². The van der Waals surface area contributed by atoms with E-state index in [9.17, 15) is 13.2 Å². The zero-order chi connectivity index (χ0) is 16.6. The number of nitrogen functional groups attached to an aromatic ring is 1. The number of sulfonamides is 1. The topological polar surface area (TPSA) is 120 Å². The average molecular weight is 331 g/mol. The fourth-order valence-corrected chi connectivity index (χ4v) is 2.41. The summed E-state index contributed by atoms with van der Waals surface area (Å²) in [7, 11) is -2.05. The van der Waals surface area contributed by atoms with Gasteiger partial charge in [0.2, 0.25) is 15.9 Å². The Morgan fingerprint density at radius 1 is 1.36 bits per heavy atom. The summed E-state index contributed by atoms with van der Waals surface area (Å²) < 4.78 is 35.3. The molecule has 0 aliphatic rings. The molecule has 0 unspecified atom stereocenters. The molecular weight excluding hydrogens is 310 g/mol. The van der Waals surface area contributed by atoms with Crippen LogP contribution < -0.4 is 20.5 Å². The van der Waals surface area contributed by atoms with Gasteiger partial charge in [0.05, 0.1) is 31.7 Å². The predicted molar refractivity (Wildman–Crippen MR) is 84.3 cm³/mol. The van der Waals surface area contributed by atoms with Crippen molar-refractivity contribution in [2.45, 2.75) is 6.92 Å². The average Bonchev–Trinajstić information content (AvgIpc) is 2.46. The van der Waals surface area contributed by atoms with E-state index in [0.717, 1.165) is 0 Å². The molecular formula is C13H21N3O5S. The maximum Gasteiger partial charge on any atom is 0.239 e. The van der Waals surface area contributed by atoms with Gasteiger partial charge in [-0.05, 0) is 25.1 Å². The molecule has 0 aliphatic heterocycles. The summed E-state index contributed by atoms with van der Waals surface area (Å²) in [5, 5.41) is 2.54. The molecule has 0 heterocycles. The SMILES string of the molecule is CCOCCS(=O)(=O)NCC(=O)Nc1ccc(OC)c(N)c1. The summed E-state index contributed by atoms with van der Waals surface area (Å²) >= 11 is 0. The molecule has 0 bridgehead atoms. The van der Waals surface area contributed by atoms with E-state index in [1.807, 2.05) is 0 Å². The summed E-state index contributed by atoms with van der Waals surface area (Å²) in [6.07, 6.45) is 0. The number of hydrogen-bond acceptors (Lipinski definition) is 6. The summed E-state index contributed by atoms with van der Waals surface area (Å²) in [5.74, 6) is -0.192. The second-order valence-corrected chi connectivity index (χ2v) is 6.27. The first-order chi connectivity index (χ1) is 10.4. The van der Waals surface area contributed by atoms with Crippen molar-refractivity contribution in [3.8, 4) is 5.75 Å². The number of ether oxygens (including phenoxy) is 2. The van der Waals surface area contributed by atoms with Gasteiger partial charge in [-0.2, -0.15) is 0 Å². The van der Waals surface area contributed by atoms with Gasteiger partial charge in [0, 0.05) is 12.3 Å². The van der Waals surface area contributed by atoms with Gasteiger partial charge < -0.3 is 20.5 Å². The van der Waals surface area contributed by atoms with E-state index < -0.39 is 15.9 Å². The van der Waals surface area contributed by atoms with Crippen LogP contribution in [-0.4, -0.2) is 46.9 Å². The monoisotopic (exact) mass is 331 g/mol. The summed E-state index contributed by atoms with van der Waals surface area (Å²) in [6.45, 7) is 1.94. The number of nitrogens with one attached hydrogen (secondary N) is 2. The van der Waals surface area contributed by atoms with Crippen LogP contribution in [0.4, 0.5) is 11.4 Å². The Morgan fingerprint density at radius 3 is 2.68 bits per heavy atom. The summed E-state index contributed by atoms with van der Waals surface area (Å²) in [6, 6.07) is 4.74. The number of hydrogen-bond donors (Lipinski definition) is 3. The number of methoxy groups -OCH3 is 1. The number of amides is 1. The first kappa shape index (κ1) is 18.2. The largest absolute Gasteiger partial charge is 0.495 e. The lowest BCUT2D eigenvalue weighted by molar-refractivity contribution is -0.115. The van der Waals surface area contributed by atoms with Gasteiger partial charge in [0.1, 0.15) is 5.75 Å². The van der Waals surface area contributed by atoms with Crippen molar-refractivity contribution < 1.29 is 22.7 Å². The number of benzene rings is 1. The van der Waals surface area contributed by atoms with Crippen molar-refractivity contribution in [3.63, 3.8) is 0 Å². The zero-order valence-electron chi connectivity index (χ0n) is 12.6. The predicted octanol–water partition coefficient (Wildman–Crippen LogP) is 0.172. The molecule has 0 radical (unpaired) electrons. The zero-order valence-corrected chi connectivity index (χ0v) is 13.4. The Bertz CT molecular complexity index is 604. The molecule has 0 fully saturated rings. The van der Waals surface area contributed by atoms with Crippen LogP contribution in [0.1, 0.15) is 6.92 Å². The molecule has 0 saturated carbocycles. The van der Waals surface area contributed by atoms with Crippen molar-refractivity contribution in [1.82, 2.24) is 4.72 Å². The third kappa shape index (κ3) is 6.29. The standard InChI is InChI=1S/C13H21N3O5S/c1-3-21-6-7-22(18,19)15-9-13(17)16-10-4-5-12(20-2)11(14)8-10/h4-5,8,15H,3,6-7,9,14H2,1-2H3,(H,16,17). The first-order valence-electron chi connectivity index (χ1n) is 6.66. The molecule has 0 aromatic heterocycles. The van der Waals surface area contributed by atoms with Crippen LogP contribution >= 0.6 is 0 Å². The minimum absolute atomic E-state index is 0.0858. The molecule has 1 amide bonds. The Kier molecular flexibility index (Phi) is 7.09.